The molecule has 7 rings (SSSR count). The first-order chi connectivity index (χ1) is 30.0. The first-order valence-corrected chi connectivity index (χ1v) is 22.2. The summed E-state index contributed by atoms with van der Waals surface area (Å²) in [5.74, 6) is -0.531. The molecular weight excluding hydrogens is 801 g/mol. The smallest absolute Gasteiger partial charge is 0.324 e. The van der Waals surface area contributed by atoms with E-state index in [0.29, 0.717) is 43.8 Å². The average molecular weight is 867 g/mol. The van der Waals surface area contributed by atoms with Gasteiger partial charge in [-0.2, -0.15) is 0 Å². The molecule has 0 spiro atoms. The van der Waals surface area contributed by atoms with Gasteiger partial charge in [-0.1, -0.05) is 39.8 Å². The second-order valence-corrected chi connectivity index (χ2v) is 18.7. The van der Waals surface area contributed by atoms with E-state index < -0.39 is 29.5 Å². The Hall–Kier alpha value is -5.15. The Morgan fingerprint density at radius 2 is 1.89 bits per heavy atom. The first-order valence-electron chi connectivity index (χ1n) is 22.2. The van der Waals surface area contributed by atoms with E-state index in [4.69, 9.17) is 19.6 Å². The van der Waals surface area contributed by atoms with Crippen molar-refractivity contribution in [2.24, 2.45) is 23.2 Å². The summed E-state index contributed by atoms with van der Waals surface area (Å²) < 4.78 is 14.2. The number of nitrogens with zero attached hydrogens (tertiary/aromatic N) is 4. The summed E-state index contributed by atoms with van der Waals surface area (Å²) in [4.78, 5) is 58.3. The molecule has 4 aromatic rings. The number of rotatable bonds is 10. The number of methoxy groups -OCH3 is 1. The maximum Gasteiger partial charge on any atom is 0.324 e. The molecule has 14 nitrogen and oxygen atoms in total. The highest BCUT2D eigenvalue weighted by atomic mass is 16.5. The van der Waals surface area contributed by atoms with Crippen LogP contribution in [0.25, 0.3) is 33.3 Å². The number of aliphatic hydroxyl groups is 1. The third kappa shape index (κ3) is 10.8. The lowest BCUT2D eigenvalue weighted by Crippen LogP contribution is -2.61. The molecule has 1 saturated heterocycles. The first kappa shape index (κ1) is 47.3. The zero-order valence-corrected chi connectivity index (χ0v) is 38.3. The maximum atomic E-state index is 14.4. The minimum Gasteiger partial charge on any atom is -0.508 e. The number of aromatic hydroxyl groups is 1. The summed E-state index contributed by atoms with van der Waals surface area (Å²) in [6.45, 7) is 13.7. The van der Waals surface area contributed by atoms with Crippen LogP contribution in [-0.2, 0) is 48.0 Å². The monoisotopic (exact) mass is 866 g/mol. The number of fused-ring (bicyclic) bond motifs is 6. The van der Waals surface area contributed by atoms with Gasteiger partial charge in [0, 0.05) is 67.2 Å². The predicted octanol–water partition coefficient (Wildman–Crippen LogP) is 5.85. The van der Waals surface area contributed by atoms with E-state index in [1.165, 1.54) is 5.01 Å². The van der Waals surface area contributed by atoms with Gasteiger partial charge in [-0.3, -0.25) is 29.3 Å². The lowest BCUT2D eigenvalue weighted by molar-refractivity contribution is -0.155. The quantitative estimate of drug-likeness (QED) is 0.111. The van der Waals surface area contributed by atoms with Crippen LogP contribution in [0.5, 0.6) is 5.75 Å². The summed E-state index contributed by atoms with van der Waals surface area (Å²) in [6, 6.07) is 13.5. The summed E-state index contributed by atoms with van der Waals surface area (Å²) in [6.07, 6.45) is 5.15. The molecule has 6 atom stereocenters. The Morgan fingerprint density at radius 3 is 2.52 bits per heavy atom. The van der Waals surface area contributed by atoms with Crippen LogP contribution in [0.4, 0.5) is 0 Å². The molecule has 2 fully saturated rings. The molecular formula is C49H66N6O8. The van der Waals surface area contributed by atoms with Crippen LogP contribution in [0.2, 0.25) is 0 Å². The number of carbonyl (C=O) groups is 4. The van der Waals surface area contributed by atoms with Gasteiger partial charge in [-0.25, -0.2) is 5.43 Å². The van der Waals surface area contributed by atoms with Crippen LogP contribution >= 0.6 is 0 Å². The fourth-order valence-electron chi connectivity index (χ4n) is 9.10. The van der Waals surface area contributed by atoms with Gasteiger partial charge in [0.25, 0.3) is 5.91 Å². The van der Waals surface area contributed by atoms with Crippen LogP contribution < -0.4 is 10.7 Å². The Labute approximate surface area is 371 Å². The van der Waals surface area contributed by atoms with Crippen LogP contribution in [0.1, 0.15) is 83.7 Å². The number of phenols is 1. The molecule has 2 aromatic heterocycles. The van der Waals surface area contributed by atoms with Crippen molar-refractivity contribution in [3.63, 3.8) is 0 Å². The van der Waals surface area contributed by atoms with Crippen molar-refractivity contribution in [1.82, 2.24) is 30.2 Å². The zero-order chi connectivity index (χ0) is 45.7. The molecule has 1 aliphatic carbocycles. The number of aliphatic hydroxyl groups excluding tert-OH is 1. The van der Waals surface area contributed by atoms with Gasteiger partial charge in [0.15, 0.2) is 0 Å². The number of phenolic OH excluding ortho intramolecular Hbond substituents is 1. The third-order valence-corrected chi connectivity index (χ3v) is 12.5. The summed E-state index contributed by atoms with van der Waals surface area (Å²) in [7, 11) is 5.37. The fraction of sp³-hybridized carbons (Fsp3) is 0.531. The number of benzene rings is 2. The van der Waals surface area contributed by atoms with Crippen molar-refractivity contribution in [2.45, 2.75) is 104 Å². The van der Waals surface area contributed by atoms with Gasteiger partial charge < -0.3 is 34.4 Å². The van der Waals surface area contributed by atoms with Gasteiger partial charge >= 0.3 is 5.97 Å². The normalized spacial score (nSPS) is 22.1. The van der Waals surface area contributed by atoms with Crippen LogP contribution in [0.3, 0.4) is 0 Å². The molecule has 5 unspecified atom stereocenters. The number of likely N-dealkylation sites (N-methyl/N-ethyl adjacent to an activating group) is 1. The SMILES string of the molecule is CCn1c(-c2cccnc2C(C)OC)c2c3cc(ccc31)-c1cc(O)cc(c1)CC(NC(=O)C(C(C)C)N(C)C)C(=O)N1CCC[C@H](N1)C(=O)OCC(C)(C)C2.O=CC1CC1CO. The largest absolute Gasteiger partial charge is 0.508 e. The van der Waals surface area contributed by atoms with E-state index in [1.807, 2.05) is 51.9 Å². The number of aromatic nitrogens is 2. The topological polar surface area (TPSA) is 176 Å². The number of hydrogen-bond donors (Lipinski definition) is 4. The Bertz CT molecular complexity index is 2280. The fourth-order valence-corrected chi connectivity index (χ4v) is 9.10. The summed E-state index contributed by atoms with van der Waals surface area (Å²) in [5, 5.41) is 25.0. The van der Waals surface area contributed by atoms with Crippen molar-refractivity contribution >= 4 is 35.0 Å². The van der Waals surface area contributed by atoms with Gasteiger partial charge in [-0.15, -0.1) is 0 Å². The van der Waals surface area contributed by atoms with Gasteiger partial charge in [0.2, 0.25) is 5.91 Å². The standard InChI is InChI=1S/C44H58N6O6.C5H8O2/c1-10-49-37-16-15-29-23-33(37)34(40(49)32-13-11-17-45-38(32)27(4)55-9)24-44(5,6)25-56-43(54)35-14-12-18-50(47-35)42(53)36(21-28-19-30(29)22-31(51)20-28)46-41(52)39(26(2)3)48(7)8;6-2-4-1-5(4)3-7/h11,13,15-17,19-20,22-23,26-27,35-36,39,47,51H,10,12,14,18,21,24-25H2,1-9H3,(H,46,52);2,4-5,7H,1,3H2/t27?,35-,36?,39?;/m0./s1. The van der Waals surface area contributed by atoms with Gasteiger partial charge in [0.1, 0.15) is 24.1 Å². The molecule has 2 aromatic carbocycles. The number of carbonyl (C=O) groups excluding carboxylic acids is 4. The van der Waals surface area contributed by atoms with E-state index in [-0.39, 0.29) is 55.1 Å². The molecule has 4 heterocycles. The number of aldehydes is 1. The van der Waals surface area contributed by atoms with Gasteiger partial charge in [0.05, 0.1) is 30.1 Å². The highest BCUT2D eigenvalue weighted by Gasteiger charge is 2.37. The van der Waals surface area contributed by atoms with Crippen LogP contribution in [0.15, 0.2) is 54.7 Å². The number of hydrogen-bond acceptors (Lipinski definition) is 11. The molecule has 1 saturated carbocycles. The second-order valence-electron chi connectivity index (χ2n) is 18.7. The number of cyclic esters (lactones) is 1. The minimum absolute atomic E-state index is 0.0146. The molecule has 0 radical (unpaired) electrons. The number of pyridine rings is 1. The molecule has 4 N–H and O–H groups in total. The molecule has 340 valence electrons. The van der Waals surface area contributed by atoms with E-state index in [9.17, 15) is 24.3 Å². The average Bonchev–Trinajstić information content (AvgIpc) is 3.98. The van der Waals surface area contributed by atoms with E-state index in [0.717, 1.165) is 57.3 Å². The van der Waals surface area contributed by atoms with Crippen molar-refractivity contribution in [3.05, 3.63) is 71.5 Å². The molecule has 2 aliphatic heterocycles. The summed E-state index contributed by atoms with van der Waals surface area (Å²) >= 11 is 0. The van der Waals surface area contributed by atoms with Crippen LogP contribution in [-0.4, -0.2) is 113 Å². The zero-order valence-electron chi connectivity index (χ0n) is 38.3. The van der Waals surface area contributed by atoms with Crippen molar-refractivity contribution in [2.75, 3.05) is 41.0 Å². The van der Waals surface area contributed by atoms with E-state index >= 15 is 0 Å². The summed E-state index contributed by atoms with van der Waals surface area (Å²) in [5.41, 5.74) is 9.99. The van der Waals surface area contributed by atoms with Crippen molar-refractivity contribution < 1.29 is 38.9 Å². The van der Waals surface area contributed by atoms with Gasteiger partial charge in [-0.05, 0) is 124 Å². The lowest BCUT2D eigenvalue weighted by Gasteiger charge is -2.36. The van der Waals surface area contributed by atoms with Crippen LogP contribution in [0, 0.1) is 23.2 Å². The second kappa shape index (κ2) is 20.1. The molecule has 2 amide bonds. The third-order valence-electron chi connectivity index (χ3n) is 12.5. The Morgan fingerprint density at radius 1 is 1.13 bits per heavy atom. The number of aryl methyl sites for hydroxylation is 1. The number of ether oxygens (including phenoxy) is 2. The minimum atomic E-state index is -0.975. The van der Waals surface area contributed by atoms with E-state index in [2.05, 4.69) is 60.3 Å². The molecule has 14 heteroatoms. The van der Waals surface area contributed by atoms with Crippen molar-refractivity contribution in [1.29, 1.82) is 0 Å². The molecule has 63 heavy (non-hydrogen) atoms. The van der Waals surface area contributed by atoms with Crippen molar-refractivity contribution in [3.8, 4) is 28.1 Å². The highest BCUT2D eigenvalue weighted by Crippen LogP contribution is 2.42. The van der Waals surface area contributed by atoms with E-state index in [1.54, 1.807) is 25.4 Å². The number of nitrogens with one attached hydrogen (secondary N) is 2. The number of amides is 2. The highest BCUT2D eigenvalue weighted by molar-refractivity contribution is 5.95. The predicted molar refractivity (Wildman–Crippen MR) is 242 cm³/mol. The lowest BCUT2D eigenvalue weighted by atomic mass is 9.84. The molecule has 3 aliphatic rings. The Kier molecular flexibility index (Phi) is 15.1. The molecule has 6 bridgehead atoms. The number of esters is 1. The Balaban J connectivity index is 0.000000859. The maximum absolute atomic E-state index is 14.4. The number of hydrazine groups is 1.